The zero-order valence-corrected chi connectivity index (χ0v) is 9.88. The highest BCUT2D eigenvalue weighted by atomic mass is 16.4. The Kier molecular flexibility index (Phi) is 5.28. The van der Waals surface area contributed by atoms with Crippen LogP contribution >= 0.6 is 0 Å². The molecule has 0 amide bonds. The molecular formula is C10H16N4O4. The maximum atomic E-state index is 11.0. The molecular weight excluding hydrogens is 240 g/mol. The molecule has 100 valence electrons. The minimum Gasteiger partial charge on any atom is -0.480 e. The van der Waals surface area contributed by atoms with Crippen LogP contribution in [0.15, 0.2) is 12.5 Å². The van der Waals surface area contributed by atoms with E-state index >= 15 is 0 Å². The van der Waals surface area contributed by atoms with E-state index in [1.807, 2.05) is 0 Å². The second kappa shape index (κ2) is 6.72. The Hall–Kier alpha value is -1.93. The topological polar surface area (TPSA) is 127 Å². The summed E-state index contributed by atoms with van der Waals surface area (Å²) in [4.78, 5) is 28.1. The van der Waals surface area contributed by atoms with Crippen LogP contribution < -0.4 is 10.6 Å². The molecule has 0 radical (unpaired) electrons. The number of hydrogen-bond donors (Lipinski definition) is 5. The molecule has 5 N–H and O–H groups in total. The standard InChI is InChI=1S/C10H16N4O4/c1-6(9(15)16)12-5-14-8(10(17)18)2-7-3-11-4-13-7/h3-4,6,8,12,14H,2,5H2,1H3,(H,11,13)(H,15,16)(H,17,18)/t6-,8-/m0/s1. The largest absolute Gasteiger partial charge is 0.480 e. The van der Waals surface area contributed by atoms with Gasteiger partial charge in [0.1, 0.15) is 12.1 Å². The van der Waals surface area contributed by atoms with E-state index in [1.165, 1.54) is 13.3 Å². The third kappa shape index (κ3) is 4.52. The lowest BCUT2D eigenvalue weighted by Crippen LogP contribution is -2.47. The zero-order valence-electron chi connectivity index (χ0n) is 9.88. The Morgan fingerprint density at radius 3 is 2.61 bits per heavy atom. The van der Waals surface area contributed by atoms with Gasteiger partial charge in [0.15, 0.2) is 0 Å². The molecule has 0 aliphatic rings. The van der Waals surface area contributed by atoms with Gasteiger partial charge in [-0.05, 0) is 6.92 Å². The average molecular weight is 256 g/mol. The number of carboxylic acid groups (broad SMARTS) is 2. The van der Waals surface area contributed by atoms with E-state index in [-0.39, 0.29) is 13.1 Å². The Morgan fingerprint density at radius 2 is 2.11 bits per heavy atom. The monoisotopic (exact) mass is 256 g/mol. The molecule has 1 aromatic heterocycles. The van der Waals surface area contributed by atoms with E-state index in [0.717, 1.165) is 0 Å². The summed E-state index contributed by atoms with van der Waals surface area (Å²) in [5, 5.41) is 23.0. The predicted molar refractivity (Wildman–Crippen MR) is 62.0 cm³/mol. The molecule has 1 aromatic rings. The van der Waals surface area contributed by atoms with Crippen LogP contribution in [0, 0.1) is 0 Å². The lowest BCUT2D eigenvalue weighted by atomic mass is 10.2. The van der Waals surface area contributed by atoms with Crippen LogP contribution in [-0.4, -0.2) is 50.9 Å². The maximum Gasteiger partial charge on any atom is 0.321 e. The first-order valence-electron chi connectivity index (χ1n) is 5.40. The first-order valence-corrected chi connectivity index (χ1v) is 5.40. The number of aromatic amines is 1. The number of carboxylic acids is 2. The van der Waals surface area contributed by atoms with Crippen molar-refractivity contribution in [2.75, 3.05) is 6.67 Å². The van der Waals surface area contributed by atoms with Gasteiger partial charge in [0.05, 0.1) is 6.33 Å². The van der Waals surface area contributed by atoms with Gasteiger partial charge in [-0.2, -0.15) is 0 Å². The summed E-state index contributed by atoms with van der Waals surface area (Å²) >= 11 is 0. The van der Waals surface area contributed by atoms with Crippen molar-refractivity contribution in [1.29, 1.82) is 0 Å². The number of H-pyrrole nitrogens is 1. The fourth-order valence-electron chi connectivity index (χ4n) is 1.29. The second-order valence-corrected chi connectivity index (χ2v) is 3.82. The van der Waals surface area contributed by atoms with Crippen LogP contribution in [0.2, 0.25) is 0 Å². The highest BCUT2D eigenvalue weighted by Gasteiger charge is 2.18. The van der Waals surface area contributed by atoms with Crippen molar-refractivity contribution >= 4 is 11.9 Å². The minimum absolute atomic E-state index is 0.0958. The quantitative estimate of drug-likeness (QED) is 0.378. The molecule has 1 rings (SSSR count). The van der Waals surface area contributed by atoms with E-state index in [4.69, 9.17) is 10.2 Å². The van der Waals surface area contributed by atoms with Gasteiger partial charge in [0.2, 0.25) is 0 Å². The summed E-state index contributed by atoms with van der Waals surface area (Å²) in [5.74, 6) is -1.99. The summed E-state index contributed by atoms with van der Waals surface area (Å²) in [6.45, 7) is 1.58. The van der Waals surface area contributed by atoms with Crippen LogP contribution in [0.4, 0.5) is 0 Å². The number of nitrogens with one attached hydrogen (secondary N) is 3. The van der Waals surface area contributed by atoms with Gasteiger partial charge in [-0.1, -0.05) is 0 Å². The van der Waals surface area contributed by atoms with Crippen molar-refractivity contribution in [3.63, 3.8) is 0 Å². The molecule has 0 saturated carbocycles. The van der Waals surface area contributed by atoms with E-state index < -0.39 is 24.0 Å². The molecule has 2 atom stereocenters. The summed E-state index contributed by atoms with van der Waals surface area (Å²) in [7, 11) is 0. The first kappa shape index (κ1) is 14.1. The zero-order chi connectivity index (χ0) is 13.5. The second-order valence-electron chi connectivity index (χ2n) is 3.82. The number of imidazole rings is 1. The van der Waals surface area contributed by atoms with Crippen LogP contribution in [0.25, 0.3) is 0 Å². The molecule has 8 nitrogen and oxygen atoms in total. The molecule has 0 spiro atoms. The molecule has 0 aliphatic heterocycles. The van der Waals surface area contributed by atoms with Gasteiger partial charge in [0.25, 0.3) is 0 Å². The molecule has 0 aliphatic carbocycles. The van der Waals surface area contributed by atoms with E-state index in [0.29, 0.717) is 5.69 Å². The number of carbonyl (C=O) groups is 2. The van der Waals surface area contributed by atoms with Crippen molar-refractivity contribution < 1.29 is 19.8 Å². The fourth-order valence-corrected chi connectivity index (χ4v) is 1.29. The molecule has 0 bridgehead atoms. The Bertz CT molecular complexity index is 393. The number of aliphatic carboxylic acids is 2. The van der Waals surface area contributed by atoms with Crippen molar-refractivity contribution in [3.05, 3.63) is 18.2 Å². The summed E-state index contributed by atoms with van der Waals surface area (Å²) in [6, 6.07) is -1.54. The van der Waals surface area contributed by atoms with Gasteiger partial charge >= 0.3 is 11.9 Å². The van der Waals surface area contributed by atoms with E-state index in [1.54, 1.807) is 6.20 Å². The van der Waals surface area contributed by atoms with Crippen LogP contribution in [0.1, 0.15) is 12.6 Å². The molecule has 1 heterocycles. The summed E-state index contributed by atoms with van der Waals surface area (Å²) in [5.41, 5.74) is 0.696. The highest BCUT2D eigenvalue weighted by molar-refractivity contribution is 5.74. The lowest BCUT2D eigenvalue weighted by Gasteiger charge is -2.15. The maximum absolute atomic E-state index is 11.0. The molecule has 0 saturated heterocycles. The Morgan fingerprint density at radius 1 is 1.39 bits per heavy atom. The van der Waals surface area contributed by atoms with Gasteiger partial charge in [-0.15, -0.1) is 0 Å². The third-order valence-corrected chi connectivity index (χ3v) is 2.40. The predicted octanol–water partition coefficient (Wildman–Crippen LogP) is -0.985. The van der Waals surface area contributed by atoms with Gasteiger partial charge in [0, 0.05) is 25.0 Å². The Balaban J connectivity index is 2.39. The van der Waals surface area contributed by atoms with Gasteiger partial charge in [-0.25, -0.2) is 4.98 Å². The summed E-state index contributed by atoms with van der Waals surface area (Å²) < 4.78 is 0. The molecule has 0 aromatic carbocycles. The number of aromatic nitrogens is 2. The number of rotatable bonds is 8. The molecule has 0 unspecified atom stereocenters. The summed E-state index contributed by atoms with van der Waals surface area (Å²) in [6.07, 6.45) is 3.27. The molecule has 18 heavy (non-hydrogen) atoms. The third-order valence-electron chi connectivity index (χ3n) is 2.40. The minimum atomic E-state index is -1.01. The highest BCUT2D eigenvalue weighted by Crippen LogP contribution is 1.98. The van der Waals surface area contributed by atoms with Crippen LogP contribution in [0.3, 0.4) is 0 Å². The molecule has 0 fully saturated rings. The van der Waals surface area contributed by atoms with Crippen molar-refractivity contribution in [2.24, 2.45) is 0 Å². The van der Waals surface area contributed by atoms with Gasteiger partial charge in [-0.3, -0.25) is 20.2 Å². The first-order chi connectivity index (χ1) is 8.50. The van der Waals surface area contributed by atoms with E-state index in [9.17, 15) is 9.59 Å². The SMILES string of the molecule is C[C@H](NCN[C@@H](Cc1cnc[nH]1)C(=O)O)C(=O)O. The average Bonchev–Trinajstić information content (AvgIpc) is 2.79. The van der Waals surface area contributed by atoms with Crippen molar-refractivity contribution in [1.82, 2.24) is 20.6 Å². The normalized spacial score (nSPS) is 14.1. The van der Waals surface area contributed by atoms with E-state index in [2.05, 4.69) is 20.6 Å². The molecule has 8 heteroatoms. The Labute approximate surface area is 103 Å². The van der Waals surface area contributed by atoms with Gasteiger partial charge < -0.3 is 15.2 Å². The van der Waals surface area contributed by atoms with Crippen LogP contribution in [0.5, 0.6) is 0 Å². The number of nitrogens with zero attached hydrogens (tertiary/aromatic N) is 1. The van der Waals surface area contributed by atoms with Crippen molar-refractivity contribution in [2.45, 2.75) is 25.4 Å². The number of hydrogen-bond acceptors (Lipinski definition) is 5. The van der Waals surface area contributed by atoms with Crippen molar-refractivity contribution in [3.8, 4) is 0 Å². The lowest BCUT2D eigenvalue weighted by molar-refractivity contribution is -0.139. The fraction of sp³-hybridized carbons (Fsp3) is 0.500. The smallest absolute Gasteiger partial charge is 0.321 e. The van der Waals surface area contributed by atoms with Crippen LogP contribution in [-0.2, 0) is 16.0 Å².